The first-order valence-electron chi connectivity index (χ1n) is 4.56. The zero-order chi connectivity index (χ0) is 10.7. The minimum Gasteiger partial charge on any atom is -0.300 e. The van der Waals surface area contributed by atoms with E-state index in [1.54, 1.807) is 11.3 Å². The second kappa shape index (κ2) is 4.27. The third-order valence-electron chi connectivity index (χ3n) is 2.12. The molecule has 0 radical (unpaired) electrons. The van der Waals surface area contributed by atoms with E-state index in [-0.39, 0.29) is 11.2 Å². The van der Waals surface area contributed by atoms with Gasteiger partial charge in [0.05, 0.1) is 0 Å². The lowest BCUT2D eigenvalue weighted by Gasteiger charge is -2.02. The second-order valence-electron chi connectivity index (χ2n) is 3.19. The van der Waals surface area contributed by atoms with Crippen LogP contribution in [0.5, 0.6) is 0 Å². The summed E-state index contributed by atoms with van der Waals surface area (Å²) in [5.74, 6) is 0. The molecule has 2 rings (SSSR count). The molecule has 2 aromatic heterocycles. The van der Waals surface area contributed by atoms with Crippen molar-refractivity contribution in [3.05, 3.63) is 55.5 Å². The molecular formula is C10H10N2O2S. The second-order valence-corrected chi connectivity index (χ2v) is 3.97. The van der Waals surface area contributed by atoms with Crippen LogP contribution in [0.25, 0.3) is 0 Å². The van der Waals surface area contributed by atoms with Gasteiger partial charge in [0.25, 0.3) is 5.56 Å². The molecule has 0 saturated carbocycles. The smallest absolute Gasteiger partial charge is 0.300 e. The maximum atomic E-state index is 11.3. The summed E-state index contributed by atoms with van der Waals surface area (Å²) in [6, 6.07) is 3.39. The van der Waals surface area contributed by atoms with Crippen molar-refractivity contribution in [1.29, 1.82) is 0 Å². The molecule has 0 atom stereocenters. The lowest BCUT2D eigenvalue weighted by atomic mass is 10.2. The minimum absolute atomic E-state index is 0.349. The molecule has 0 saturated heterocycles. The van der Waals surface area contributed by atoms with E-state index in [2.05, 4.69) is 10.4 Å². The molecule has 78 valence electrons. The number of aryl methyl sites for hydroxylation is 2. The average Bonchev–Trinajstić information content (AvgIpc) is 2.69. The normalized spacial score (nSPS) is 10.4. The molecular weight excluding hydrogens is 212 g/mol. The summed E-state index contributed by atoms with van der Waals surface area (Å²) in [5, 5.41) is 4.06. The van der Waals surface area contributed by atoms with Gasteiger partial charge in [-0.25, -0.2) is 4.79 Å². The van der Waals surface area contributed by atoms with Gasteiger partial charge in [-0.05, 0) is 28.8 Å². The third-order valence-corrected chi connectivity index (χ3v) is 2.85. The number of aromatic amines is 1. The molecule has 0 aromatic carbocycles. The Labute approximate surface area is 89.8 Å². The zero-order valence-electron chi connectivity index (χ0n) is 7.97. The maximum absolute atomic E-state index is 11.3. The predicted octanol–water partition coefficient (Wildman–Crippen LogP) is 0.841. The van der Waals surface area contributed by atoms with Gasteiger partial charge < -0.3 is 4.57 Å². The van der Waals surface area contributed by atoms with Crippen molar-refractivity contribution < 1.29 is 0 Å². The molecule has 0 amide bonds. The molecule has 0 aliphatic heterocycles. The highest BCUT2D eigenvalue weighted by molar-refractivity contribution is 7.07. The number of thiophene rings is 1. The molecule has 0 unspecified atom stereocenters. The van der Waals surface area contributed by atoms with Crippen molar-refractivity contribution in [3.63, 3.8) is 0 Å². The Morgan fingerprint density at radius 2 is 2.20 bits per heavy atom. The quantitative estimate of drug-likeness (QED) is 0.836. The van der Waals surface area contributed by atoms with Crippen LogP contribution in [0.2, 0.25) is 0 Å². The number of hydrogen-bond donors (Lipinski definition) is 1. The fraction of sp³-hybridized carbons (Fsp3) is 0.200. The lowest BCUT2D eigenvalue weighted by Crippen LogP contribution is -2.29. The molecule has 2 aromatic rings. The van der Waals surface area contributed by atoms with Crippen LogP contribution in [-0.2, 0) is 13.0 Å². The molecule has 2 heterocycles. The lowest BCUT2D eigenvalue weighted by molar-refractivity contribution is 0.646. The van der Waals surface area contributed by atoms with Crippen LogP contribution in [0.1, 0.15) is 5.56 Å². The number of hydrogen-bond acceptors (Lipinski definition) is 3. The van der Waals surface area contributed by atoms with Crippen LogP contribution in [0.15, 0.2) is 38.7 Å². The summed E-state index contributed by atoms with van der Waals surface area (Å²) in [7, 11) is 0. The van der Waals surface area contributed by atoms with Crippen LogP contribution in [0, 0.1) is 0 Å². The Morgan fingerprint density at radius 3 is 2.87 bits per heavy atom. The van der Waals surface area contributed by atoms with E-state index in [0.29, 0.717) is 6.54 Å². The molecule has 4 nitrogen and oxygen atoms in total. The first-order chi connectivity index (χ1) is 7.25. The summed E-state index contributed by atoms with van der Waals surface area (Å²) in [4.78, 5) is 24.3. The van der Waals surface area contributed by atoms with Gasteiger partial charge in [0, 0.05) is 18.8 Å². The van der Waals surface area contributed by atoms with Crippen molar-refractivity contribution in [2.24, 2.45) is 0 Å². The Kier molecular flexibility index (Phi) is 2.82. The first-order valence-corrected chi connectivity index (χ1v) is 5.51. The highest BCUT2D eigenvalue weighted by Crippen LogP contribution is 2.06. The summed E-state index contributed by atoms with van der Waals surface area (Å²) in [6.45, 7) is 0.590. The summed E-state index contributed by atoms with van der Waals surface area (Å²) in [6.07, 6.45) is 2.32. The van der Waals surface area contributed by atoms with Gasteiger partial charge in [-0.2, -0.15) is 11.3 Å². The van der Waals surface area contributed by atoms with Crippen molar-refractivity contribution in [2.75, 3.05) is 0 Å². The number of rotatable bonds is 3. The molecule has 0 aliphatic rings. The largest absolute Gasteiger partial charge is 0.328 e. The van der Waals surface area contributed by atoms with Gasteiger partial charge in [0.15, 0.2) is 0 Å². The van der Waals surface area contributed by atoms with Crippen molar-refractivity contribution in [3.8, 4) is 0 Å². The summed E-state index contributed by atoms with van der Waals surface area (Å²) < 4.78 is 1.50. The van der Waals surface area contributed by atoms with E-state index in [1.165, 1.54) is 22.4 Å². The zero-order valence-corrected chi connectivity index (χ0v) is 8.79. The van der Waals surface area contributed by atoms with E-state index >= 15 is 0 Å². The van der Waals surface area contributed by atoms with Gasteiger partial charge in [-0.1, -0.05) is 0 Å². The summed E-state index contributed by atoms with van der Waals surface area (Å²) >= 11 is 1.64. The van der Waals surface area contributed by atoms with E-state index in [4.69, 9.17) is 0 Å². The molecule has 5 heteroatoms. The van der Waals surface area contributed by atoms with Crippen LogP contribution < -0.4 is 11.2 Å². The number of nitrogens with zero attached hydrogens (tertiary/aromatic N) is 1. The van der Waals surface area contributed by atoms with Crippen molar-refractivity contribution >= 4 is 11.3 Å². The highest BCUT2D eigenvalue weighted by Gasteiger charge is 1.97. The fourth-order valence-corrected chi connectivity index (χ4v) is 2.01. The van der Waals surface area contributed by atoms with Crippen molar-refractivity contribution in [2.45, 2.75) is 13.0 Å². The van der Waals surface area contributed by atoms with Gasteiger partial charge >= 0.3 is 5.69 Å². The van der Waals surface area contributed by atoms with Gasteiger partial charge in [-0.15, -0.1) is 0 Å². The van der Waals surface area contributed by atoms with Crippen LogP contribution in [-0.4, -0.2) is 9.55 Å². The molecule has 0 aliphatic carbocycles. The number of nitrogens with one attached hydrogen (secondary N) is 1. The van der Waals surface area contributed by atoms with Crippen LogP contribution in [0.3, 0.4) is 0 Å². The topological polar surface area (TPSA) is 54.9 Å². The average molecular weight is 222 g/mol. The Morgan fingerprint density at radius 1 is 1.33 bits per heavy atom. The monoisotopic (exact) mass is 222 g/mol. The Balaban J connectivity index is 2.12. The predicted molar refractivity (Wildman–Crippen MR) is 59.3 cm³/mol. The third kappa shape index (κ3) is 2.44. The van der Waals surface area contributed by atoms with Gasteiger partial charge in [0.2, 0.25) is 0 Å². The molecule has 0 fully saturated rings. The Bertz CT molecular complexity index is 539. The molecule has 1 N–H and O–H groups in total. The van der Waals surface area contributed by atoms with E-state index in [0.717, 1.165) is 6.42 Å². The van der Waals surface area contributed by atoms with Crippen LogP contribution >= 0.6 is 11.3 Å². The standard InChI is InChI=1S/C10H10N2O2S/c13-9-2-5-12(10(14)11-9)4-1-8-3-6-15-7-8/h2-3,5-7H,1,4H2,(H,11,13,14). The SMILES string of the molecule is O=c1ccn(CCc2ccsc2)c(=O)[nH]1. The maximum Gasteiger partial charge on any atom is 0.328 e. The van der Waals surface area contributed by atoms with E-state index < -0.39 is 0 Å². The molecule has 0 bridgehead atoms. The van der Waals surface area contributed by atoms with Crippen molar-refractivity contribution in [1.82, 2.24) is 9.55 Å². The van der Waals surface area contributed by atoms with Gasteiger partial charge in [0.1, 0.15) is 0 Å². The van der Waals surface area contributed by atoms with Gasteiger partial charge in [-0.3, -0.25) is 9.78 Å². The first kappa shape index (κ1) is 9.92. The van der Waals surface area contributed by atoms with Crippen LogP contribution in [0.4, 0.5) is 0 Å². The minimum atomic E-state index is -0.355. The highest BCUT2D eigenvalue weighted by atomic mass is 32.1. The van der Waals surface area contributed by atoms with E-state index in [1.807, 2.05) is 11.4 Å². The van der Waals surface area contributed by atoms with E-state index in [9.17, 15) is 9.59 Å². The molecule has 0 spiro atoms. The number of H-pyrrole nitrogens is 1. The number of aromatic nitrogens is 2. The Hall–Kier alpha value is -1.62. The molecule has 15 heavy (non-hydrogen) atoms. The fourth-order valence-electron chi connectivity index (χ4n) is 1.30. The summed E-state index contributed by atoms with van der Waals surface area (Å²) in [5.41, 5.74) is 0.502.